The van der Waals surface area contributed by atoms with Crippen molar-refractivity contribution in [2.75, 3.05) is 26.3 Å². The molecule has 1 aliphatic rings. The van der Waals surface area contributed by atoms with E-state index in [0.29, 0.717) is 6.04 Å². The standard InChI is InChI=1S/C13H17N3O2/c1-2-12-13(18-9-16-12)5-10(1)6-14-7-11-8-17-4-3-15-11/h1-2,5,9,11,14-15H,3-4,6-8H2. The first kappa shape index (κ1) is 11.6. The molecule has 0 aliphatic carbocycles. The monoisotopic (exact) mass is 247 g/mol. The van der Waals surface area contributed by atoms with Crippen LogP contribution >= 0.6 is 0 Å². The fraction of sp³-hybridized carbons (Fsp3) is 0.462. The van der Waals surface area contributed by atoms with Gasteiger partial charge >= 0.3 is 0 Å². The second-order valence-electron chi connectivity index (χ2n) is 4.51. The summed E-state index contributed by atoms with van der Waals surface area (Å²) in [7, 11) is 0. The number of aromatic nitrogens is 1. The molecule has 0 amide bonds. The molecule has 0 radical (unpaired) electrons. The number of oxazole rings is 1. The molecule has 2 aromatic rings. The van der Waals surface area contributed by atoms with E-state index in [4.69, 9.17) is 9.15 Å². The van der Waals surface area contributed by atoms with Crippen molar-refractivity contribution in [3.8, 4) is 0 Å². The summed E-state index contributed by atoms with van der Waals surface area (Å²) in [5.41, 5.74) is 2.95. The maximum absolute atomic E-state index is 5.41. The first-order valence-electron chi connectivity index (χ1n) is 6.26. The van der Waals surface area contributed by atoms with E-state index in [2.05, 4.69) is 21.7 Å². The van der Waals surface area contributed by atoms with Gasteiger partial charge in [-0.25, -0.2) is 4.98 Å². The number of benzene rings is 1. The number of hydrogen-bond acceptors (Lipinski definition) is 5. The summed E-state index contributed by atoms with van der Waals surface area (Å²) in [4.78, 5) is 4.10. The van der Waals surface area contributed by atoms with E-state index in [0.717, 1.165) is 43.9 Å². The smallest absolute Gasteiger partial charge is 0.181 e. The van der Waals surface area contributed by atoms with Gasteiger partial charge in [-0.2, -0.15) is 0 Å². The van der Waals surface area contributed by atoms with Crippen LogP contribution < -0.4 is 10.6 Å². The van der Waals surface area contributed by atoms with Crippen molar-refractivity contribution >= 4 is 11.1 Å². The quantitative estimate of drug-likeness (QED) is 0.841. The Labute approximate surface area is 106 Å². The highest BCUT2D eigenvalue weighted by molar-refractivity contribution is 5.72. The van der Waals surface area contributed by atoms with E-state index in [1.807, 2.05) is 12.1 Å². The van der Waals surface area contributed by atoms with Crippen LogP contribution in [0, 0.1) is 0 Å². The van der Waals surface area contributed by atoms with Gasteiger partial charge in [-0.15, -0.1) is 0 Å². The van der Waals surface area contributed by atoms with Gasteiger partial charge in [0.05, 0.1) is 13.2 Å². The fourth-order valence-corrected chi connectivity index (χ4v) is 2.15. The summed E-state index contributed by atoms with van der Waals surface area (Å²) in [5.74, 6) is 0. The summed E-state index contributed by atoms with van der Waals surface area (Å²) in [6, 6.07) is 6.49. The summed E-state index contributed by atoms with van der Waals surface area (Å²) in [6.45, 7) is 4.28. The van der Waals surface area contributed by atoms with Crippen LogP contribution in [0.25, 0.3) is 11.1 Å². The van der Waals surface area contributed by atoms with Crippen LogP contribution in [-0.2, 0) is 11.3 Å². The summed E-state index contributed by atoms with van der Waals surface area (Å²) < 4.78 is 10.7. The third-order valence-electron chi connectivity index (χ3n) is 3.11. The molecule has 1 saturated heterocycles. The lowest BCUT2D eigenvalue weighted by Gasteiger charge is -2.24. The maximum atomic E-state index is 5.41. The van der Waals surface area contributed by atoms with E-state index in [1.54, 1.807) is 0 Å². The van der Waals surface area contributed by atoms with Crippen molar-refractivity contribution in [2.24, 2.45) is 0 Å². The molecule has 1 unspecified atom stereocenters. The van der Waals surface area contributed by atoms with Crippen LogP contribution in [0.15, 0.2) is 29.0 Å². The molecule has 0 saturated carbocycles. The number of nitrogens with one attached hydrogen (secondary N) is 2. The zero-order valence-corrected chi connectivity index (χ0v) is 10.2. The average Bonchev–Trinajstić information content (AvgIpc) is 2.87. The van der Waals surface area contributed by atoms with Gasteiger partial charge < -0.3 is 19.8 Å². The van der Waals surface area contributed by atoms with Gasteiger partial charge in [-0.1, -0.05) is 6.07 Å². The second-order valence-corrected chi connectivity index (χ2v) is 4.51. The number of nitrogens with zero attached hydrogens (tertiary/aromatic N) is 1. The maximum Gasteiger partial charge on any atom is 0.181 e. The highest BCUT2D eigenvalue weighted by Gasteiger charge is 2.11. The number of morpholine rings is 1. The normalized spacial score (nSPS) is 20.3. The molecule has 2 heterocycles. The summed E-state index contributed by atoms with van der Waals surface area (Å²) in [5, 5.41) is 6.84. The Morgan fingerprint density at radius 3 is 3.33 bits per heavy atom. The zero-order chi connectivity index (χ0) is 12.2. The second kappa shape index (κ2) is 5.48. The molecule has 3 rings (SSSR count). The number of rotatable bonds is 4. The van der Waals surface area contributed by atoms with E-state index >= 15 is 0 Å². The third kappa shape index (κ3) is 2.69. The van der Waals surface area contributed by atoms with Crippen molar-refractivity contribution < 1.29 is 9.15 Å². The molecule has 5 heteroatoms. The Kier molecular flexibility index (Phi) is 3.54. The Balaban J connectivity index is 1.52. The van der Waals surface area contributed by atoms with Gasteiger partial charge in [0.2, 0.25) is 0 Å². The van der Waals surface area contributed by atoms with Gasteiger partial charge in [-0.05, 0) is 17.7 Å². The zero-order valence-electron chi connectivity index (χ0n) is 10.2. The molecule has 5 nitrogen and oxygen atoms in total. The van der Waals surface area contributed by atoms with Gasteiger partial charge in [0, 0.05) is 25.7 Å². The predicted octanol–water partition coefficient (Wildman–Crippen LogP) is 0.906. The van der Waals surface area contributed by atoms with Gasteiger partial charge in [0.15, 0.2) is 12.0 Å². The number of ether oxygens (including phenoxy) is 1. The molecular formula is C13H17N3O2. The van der Waals surface area contributed by atoms with E-state index in [1.165, 1.54) is 12.0 Å². The first-order valence-corrected chi connectivity index (χ1v) is 6.26. The third-order valence-corrected chi connectivity index (χ3v) is 3.11. The van der Waals surface area contributed by atoms with Gasteiger partial charge in [-0.3, -0.25) is 0 Å². The van der Waals surface area contributed by atoms with Crippen molar-refractivity contribution in [3.05, 3.63) is 30.2 Å². The number of fused-ring (bicyclic) bond motifs is 1. The Morgan fingerprint density at radius 2 is 2.44 bits per heavy atom. The lowest BCUT2D eigenvalue weighted by atomic mass is 10.2. The van der Waals surface area contributed by atoms with Crippen molar-refractivity contribution in [3.63, 3.8) is 0 Å². The SMILES string of the molecule is c1nc2ccc(CNCC3COCCN3)cc2o1. The molecule has 1 atom stereocenters. The molecule has 18 heavy (non-hydrogen) atoms. The summed E-state index contributed by atoms with van der Waals surface area (Å²) >= 11 is 0. The number of hydrogen-bond donors (Lipinski definition) is 2. The minimum Gasteiger partial charge on any atom is -0.443 e. The molecule has 2 N–H and O–H groups in total. The van der Waals surface area contributed by atoms with Crippen LogP contribution in [0.2, 0.25) is 0 Å². The fourth-order valence-electron chi connectivity index (χ4n) is 2.15. The van der Waals surface area contributed by atoms with Gasteiger partial charge in [0.1, 0.15) is 5.52 Å². The molecule has 0 spiro atoms. The minimum atomic E-state index is 0.410. The predicted molar refractivity (Wildman–Crippen MR) is 68.3 cm³/mol. The van der Waals surface area contributed by atoms with E-state index in [-0.39, 0.29) is 0 Å². The van der Waals surface area contributed by atoms with Crippen LogP contribution in [0.5, 0.6) is 0 Å². The molecule has 1 aliphatic heterocycles. The first-order chi connectivity index (χ1) is 8.92. The average molecular weight is 247 g/mol. The highest BCUT2D eigenvalue weighted by Crippen LogP contribution is 2.13. The Bertz CT molecular complexity index is 506. The lowest BCUT2D eigenvalue weighted by Crippen LogP contribution is -2.47. The van der Waals surface area contributed by atoms with Crippen LogP contribution in [0.4, 0.5) is 0 Å². The molecule has 96 valence electrons. The van der Waals surface area contributed by atoms with Crippen LogP contribution in [-0.4, -0.2) is 37.3 Å². The van der Waals surface area contributed by atoms with Crippen LogP contribution in [0.1, 0.15) is 5.56 Å². The largest absolute Gasteiger partial charge is 0.443 e. The minimum absolute atomic E-state index is 0.410. The lowest BCUT2D eigenvalue weighted by molar-refractivity contribution is 0.0766. The van der Waals surface area contributed by atoms with Crippen molar-refractivity contribution in [1.29, 1.82) is 0 Å². The summed E-state index contributed by atoms with van der Waals surface area (Å²) in [6.07, 6.45) is 1.48. The molecular weight excluding hydrogens is 230 g/mol. The topological polar surface area (TPSA) is 59.3 Å². The molecule has 1 aromatic carbocycles. The molecule has 0 bridgehead atoms. The van der Waals surface area contributed by atoms with E-state index < -0.39 is 0 Å². The molecule has 1 aromatic heterocycles. The van der Waals surface area contributed by atoms with Crippen molar-refractivity contribution in [2.45, 2.75) is 12.6 Å². The van der Waals surface area contributed by atoms with Crippen LogP contribution in [0.3, 0.4) is 0 Å². The molecule has 1 fully saturated rings. The van der Waals surface area contributed by atoms with Gasteiger partial charge in [0.25, 0.3) is 0 Å². The Morgan fingerprint density at radius 1 is 1.44 bits per heavy atom. The van der Waals surface area contributed by atoms with Crippen molar-refractivity contribution in [1.82, 2.24) is 15.6 Å². The van der Waals surface area contributed by atoms with E-state index in [9.17, 15) is 0 Å². The highest BCUT2D eigenvalue weighted by atomic mass is 16.5. The Hall–Kier alpha value is -1.43.